The maximum atomic E-state index is 12.9. The van der Waals surface area contributed by atoms with Gasteiger partial charge in [-0.1, -0.05) is 6.42 Å². The van der Waals surface area contributed by atoms with E-state index < -0.39 is 0 Å². The van der Waals surface area contributed by atoms with Crippen LogP contribution in [-0.2, 0) is 6.54 Å². The van der Waals surface area contributed by atoms with E-state index >= 15 is 0 Å². The maximum absolute atomic E-state index is 12.9. The van der Waals surface area contributed by atoms with E-state index in [0.29, 0.717) is 0 Å². The molecule has 0 spiro atoms. The molecule has 0 radical (unpaired) electrons. The molecule has 1 aromatic heterocycles. The number of nitrogens with two attached hydrogens (primary N) is 1. The first-order chi connectivity index (χ1) is 7.72. The lowest BCUT2D eigenvalue weighted by Gasteiger charge is -2.16. The molecule has 1 aromatic rings. The first-order valence-electron chi connectivity index (χ1n) is 5.70. The summed E-state index contributed by atoms with van der Waals surface area (Å²) in [6.45, 7) is 2.52. The molecule has 1 rings (SSSR count). The van der Waals surface area contributed by atoms with Gasteiger partial charge in [0.15, 0.2) is 0 Å². The van der Waals surface area contributed by atoms with E-state index in [0.717, 1.165) is 44.5 Å². The number of pyridine rings is 1. The summed E-state index contributed by atoms with van der Waals surface area (Å²) in [5.74, 6) is -0.269. The lowest BCUT2D eigenvalue weighted by molar-refractivity contribution is 0.316. The molecule has 90 valence electrons. The van der Waals surface area contributed by atoms with Gasteiger partial charge < -0.3 is 10.6 Å². The Labute approximate surface area is 96.5 Å². The molecular weight excluding hydrogens is 205 g/mol. The Kier molecular flexibility index (Phi) is 5.96. The van der Waals surface area contributed by atoms with Crippen LogP contribution >= 0.6 is 0 Å². The topological polar surface area (TPSA) is 42.1 Å². The van der Waals surface area contributed by atoms with Crippen molar-refractivity contribution in [1.29, 1.82) is 0 Å². The molecular formula is C12H20FN3. The van der Waals surface area contributed by atoms with Gasteiger partial charge in [0.25, 0.3) is 0 Å². The second-order valence-corrected chi connectivity index (χ2v) is 4.10. The summed E-state index contributed by atoms with van der Waals surface area (Å²) in [6.07, 6.45) is 6.30. The fourth-order valence-electron chi connectivity index (χ4n) is 1.64. The third kappa shape index (κ3) is 5.19. The van der Waals surface area contributed by atoms with Crippen LogP contribution in [0.4, 0.5) is 4.39 Å². The monoisotopic (exact) mass is 225 g/mol. The second-order valence-electron chi connectivity index (χ2n) is 4.10. The number of unbranched alkanes of at least 4 members (excludes halogenated alkanes) is 2. The van der Waals surface area contributed by atoms with Crippen molar-refractivity contribution in [3.05, 3.63) is 29.8 Å². The van der Waals surface area contributed by atoms with Gasteiger partial charge in [-0.3, -0.25) is 4.98 Å². The molecule has 0 bridgehead atoms. The van der Waals surface area contributed by atoms with Crippen LogP contribution in [0.25, 0.3) is 0 Å². The molecule has 0 aromatic carbocycles. The third-order valence-electron chi connectivity index (χ3n) is 2.46. The van der Waals surface area contributed by atoms with Crippen LogP contribution in [-0.4, -0.2) is 30.0 Å². The largest absolute Gasteiger partial charge is 0.330 e. The zero-order valence-corrected chi connectivity index (χ0v) is 9.82. The highest BCUT2D eigenvalue weighted by Gasteiger charge is 2.01. The lowest BCUT2D eigenvalue weighted by atomic mass is 10.2. The van der Waals surface area contributed by atoms with Crippen LogP contribution < -0.4 is 5.73 Å². The molecule has 0 aliphatic rings. The van der Waals surface area contributed by atoms with E-state index in [1.807, 2.05) is 7.05 Å². The first-order valence-corrected chi connectivity index (χ1v) is 5.70. The van der Waals surface area contributed by atoms with Gasteiger partial charge in [0, 0.05) is 12.7 Å². The van der Waals surface area contributed by atoms with Crippen molar-refractivity contribution in [1.82, 2.24) is 9.88 Å². The lowest BCUT2D eigenvalue weighted by Crippen LogP contribution is -2.19. The Morgan fingerprint density at radius 1 is 1.31 bits per heavy atom. The molecule has 0 aliphatic carbocycles. The van der Waals surface area contributed by atoms with E-state index in [-0.39, 0.29) is 5.82 Å². The van der Waals surface area contributed by atoms with Crippen LogP contribution in [0.3, 0.4) is 0 Å². The van der Waals surface area contributed by atoms with Crippen molar-refractivity contribution < 1.29 is 4.39 Å². The van der Waals surface area contributed by atoms with E-state index in [9.17, 15) is 4.39 Å². The normalized spacial score (nSPS) is 11.0. The van der Waals surface area contributed by atoms with Gasteiger partial charge in [0.05, 0.1) is 6.20 Å². The average molecular weight is 225 g/mol. The van der Waals surface area contributed by atoms with Crippen molar-refractivity contribution in [2.24, 2.45) is 5.73 Å². The number of hydrogen-bond donors (Lipinski definition) is 1. The molecule has 0 saturated heterocycles. The molecule has 16 heavy (non-hydrogen) atoms. The van der Waals surface area contributed by atoms with E-state index in [2.05, 4.69) is 9.88 Å². The van der Waals surface area contributed by atoms with Crippen LogP contribution in [0.15, 0.2) is 18.5 Å². The second kappa shape index (κ2) is 7.30. The van der Waals surface area contributed by atoms with Crippen molar-refractivity contribution >= 4 is 0 Å². The van der Waals surface area contributed by atoms with Crippen LogP contribution in [0.1, 0.15) is 24.8 Å². The van der Waals surface area contributed by atoms with Gasteiger partial charge in [-0.05, 0) is 44.6 Å². The summed E-state index contributed by atoms with van der Waals surface area (Å²) in [5.41, 5.74) is 6.34. The Morgan fingerprint density at radius 3 is 2.81 bits per heavy atom. The zero-order valence-electron chi connectivity index (χ0n) is 9.82. The predicted molar refractivity (Wildman–Crippen MR) is 63.4 cm³/mol. The molecule has 0 aliphatic heterocycles. The number of hydrogen-bond acceptors (Lipinski definition) is 3. The molecule has 3 nitrogen and oxygen atoms in total. The molecule has 0 fully saturated rings. The number of halogens is 1. The van der Waals surface area contributed by atoms with E-state index in [4.69, 9.17) is 5.73 Å². The Morgan fingerprint density at radius 2 is 2.12 bits per heavy atom. The average Bonchev–Trinajstić information content (AvgIpc) is 2.24. The Hall–Kier alpha value is -1.00. The van der Waals surface area contributed by atoms with Crippen LogP contribution in [0.5, 0.6) is 0 Å². The summed E-state index contributed by atoms with van der Waals surface area (Å²) < 4.78 is 12.9. The van der Waals surface area contributed by atoms with Crippen molar-refractivity contribution in [2.45, 2.75) is 25.8 Å². The van der Waals surface area contributed by atoms with E-state index in [1.54, 1.807) is 6.20 Å². The molecule has 0 unspecified atom stereocenters. The predicted octanol–water partition coefficient (Wildman–Crippen LogP) is 1.78. The summed E-state index contributed by atoms with van der Waals surface area (Å²) in [4.78, 5) is 6.00. The number of aromatic nitrogens is 1. The summed E-state index contributed by atoms with van der Waals surface area (Å²) in [5, 5.41) is 0. The summed E-state index contributed by atoms with van der Waals surface area (Å²) in [7, 11) is 2.04. The first kappa shape index (κ1) is 13.1. The smallest absolute Gasteiger partial charge is 0.141 e. The molecule has 0 saturated carbocycles. The molecule has 1 heterocycles. The highest BCUT2D eigenvalue weighted by atomic mass is 19.1. The third-order valence-corrected chi connectivity index (χ3v) is 2.46. The minimum absolute atomic E-state index is 0.269. The van der Waals surface area contributed by atoms with Crippen LogP contribution in [0, 0.1) is 5.82 Å². The fraction of sp³-hybridized carbons (Fsp3) is 0.583. The summed E-state index contributed by atoms with van der Waals surface area (Å²) >= 11 is 0. The minimum atomic E-state index is -0.269. The SMILES string of the molecule is CN(CCCCCN)Cc1cncc(F)c1. The maximum Gasteiger partial charge on any atom is 0.141 e. The van der Waals surface area contributed by atoms with Gasteiger partial charge in [-0.2, -0.15) is 0 Å². The number of nitrogens with zero attached hydrogens (tertiary/aromatic N) is 2. The van der Waals surface area contributed by atoms with Gasteiger partial charge in [0.1, 0.15) is 5.82 Å². The Bertz CT molecular complexity index is 304. The Balaban J connectivity index is 2.25. The number of rotatable bonds is 7. The molecule has 4 heteroatoms. The quantitative estimate of drug-likeness (QED) is 0.719. The van der Waals surface area contributed by atoms with Gasteiger partial charge in [-0.25, -0.2) is 4.39 Å². The highest BCUT2D eigenvalue weighted by Crippen LogP contribution is 2.05. The summed E-state index contributed by atoms with van der Waals surface area (Å²) in [6, 6.07) is 1.53. The van der Waals surface area contributed by atoms with Gasteiger partial charge in [-0.15, -0.1) is 0 Å². The van der Waals surface area contributed by atoms with Crippen molar-refractivity contribution in [2.75, 3.05) is 20.1 Å². The van der Waals surface area contributed by atoms with E-state index in [1.165, 1.54) is 12.3 Å². The minimum Gasteiger partial charge on any atom is -0.330 e. The fourth-order valence-corrected chi connectivity index (χ4v) is 1.64. The zero-order chi connectivity index (χ0) is 11.8. The molecule has 2 N–H and O–H groups in total. The van der Waals surface area contributed by atoms with Gasteiger partial charge in [0.2, 0.25) is 0 Å². The van der Waals surface area contributed by atoms with Gasteiger partial charge >= 0.3 is 0 Å². The van der Waals surface area contributed by atoms with Crippen molar-refractivity contribution in [3.8, 4) is 0 Å². The molecule has 0 atom stereocenters. The highest BCUT2D eigenvalue weighted by molar-refractivity contribution is 5.09. The van der Waals surface area contributed by atoms with Crippen LogP contribution in [0.2, 0.25) is 0 Å². The molecule has 0 amide bonds. The van der Waals surface area contributed by atoms with Crippen molar-refractivity contribution in [3.63, 3.8) is 0 Å². The standard InChI is InChI=1S/C12H20FN3/c1-16(6-4-2-3-5-14)10-11-7-12(13)9-15-8-11/h7-9H,2-6,10,14H2,1H3.